The second-order valence-corrected chi connectivity index (χ2v) is 5.11. The van der Waals surface area contributed by atoms with Gasteiger partial charge in [0.2, 0.25) is 0 Å². The summed E-state index contributed by atoms with van der Waals surface area (Å²) in [7, 11) is 0. The van der Waals surface area contributed by atoms with Gasteiger partial charge in [0.1, 0.15) is 0 Å². The largest absolute Gasteiger partial charge is 0.327 e. The van der Waals surface area contributed by atoms with Crippen LogP contribution < -0.4 is 5.73 Å². The number of aromatic nitrogens is 2. The molecule has 3 nitrogen and oxygen atoms in total. The van der Waals surface area contributed by atoms with Gasteiger partial charge in [0, 0.05) is 18.2 Å². The summed E-state index contributed by atoms with van der Waals surface area (Å²) in [5.41, 5.74) is 9.14. The summed E-state index contributed by atoms with van der Waals surface area (Å²) in [6.45, 7) is 4.36. The van der Waals surface area contributed by atoms with Gasteiger partial charge >= 0.3 is 0 Å². The zero-order valence-corrected chi connectivity index (χ0v) is 9.51. The molecule has 3 heteroatoms. The summed E-state index contributed by atoms with van der Waals surface area (Å²) in [6.07, 6.45) is 1.86. The Hall–Kier alpha value is -1.48. The van der Waals surface area contributed by atoms with E-state index in [0.29, 0.717) is 5.92 Å². The number of benzene rings is 1. The van der Waals surface area contributed by atoms with E-state index in [0.717, 1.165) is 16.7 Å². The molecule has 0 saturated heterocycles. The smallest absolute Gasteiger partial charge is 0.0890 e. The van der Waals surface area contributed by atoms with Crippen molar-refractivity contribution in [3.8, 4) is 0 Å². The van der Waals surface area contributed by atoms with E-state index in [4.69, 9.17) is 5.73 Å². The van der Waals surface area contributed by atoms with Crippen LogP contribution in [-0.2, 0) is 0 Å². The van der Waals surface area contributed by atoms with E-state index in [9.17, 15) is 0 Å². The summed E-state index contributed by atoms with van der Waals surface area (Å²) in [5, 5.41) is 0. The van der Waals surface area contributed by atoms with Crippen molar-refractivity contribution in [2.45, 2.75) is 25.8 Å². The van der Waals surface area contributed by atoms with Crippen LogP contribution in [0.1, 0.15) is 25.5 Å². The van der Waals surface area contributed by atoms with Crippen LogP contribution in [-0.4, -0.2) is 16.0 Å². The Bertz CT molecular complexity index is 548. The first kappa shape index (κ1) is 9.73. The molecular weight excluding hydrogens is 198 g/mol. The van der Waals surface area contributed by atoms with Gasteiger partial charge in [-0.1, -0.05) is 26.0 Å². The quantitative estimate of drug-likeness (QED) is 0.789. The van der Waals surface area contributed by atoms with Gasteiger partial charge in [-0.3, -0.25) is 4.98 Å². The van der Waals surface area contributed by atoms with Crippen molar-refractivity contribution in [1.29, 1.82) is 0 Å². The molecule has 16 heavy (non-hydrogen) atoms. The van der Waals surface area contributed by atoms with Crippen LogP contribution in [0.3, 0.4) is 0 Å². The third-order valence-corrected chi connectivity index (χ3v) is 3.70. The lowest BCUT2D eigenvalue weighted by molar-refractivity contribution is 0.595. The molecule has 0 radical (unpaired) electrons. The van der Waals surface area contributed by atoms with E-state index in [1.807, 2.05) is 30.5 Å². The minimum absolute atomic E-state index is 0.164. The normalized spacial score (nSPS) is 26.9. The number of nitrogens with zero attached hydrogens (tertiary/aromatic N) is 2. The first-order chi connectivity index (χ1) is 7.60. The fraction of sp³-hybridized carbons (Fsp3) is 0.385. The van der Waals surface area contributed by atoms with Gasteiger partial charge in [0.15, 0.2) is 0 Å². The third-order valence-electron chi connectivity index (χ3n) is 3.70. The first-order valence-corrected chi connectivity index (χ1v) is 5.58. The lowest BCUT2D eigenvalue weighted by Gasteiger charge is -2.03. The molecule has 1 aliphatic carbocycles. The highest BCUT2D eigenvalue weighted by Crippen LogP contribution is 2.56. The van der Waals surface area contributed by atoms with Crippen molar-refractivity contribution in [3.05, 3.63) is 36.2 Å². The Morgan fingerprint density at radius 2 is 1.81 bits per heavy atom. The van der Waals surface area contributed by atoms with E-state index < -0.39 is 0 Å². The molecule has 0 aliphatic heterocycles. The Morgan fingerprint density at radius 3 is 2.44 bits per heavy atom. The van der Waals surface area contributed by atoms with Gasteiger partial charge in [0.25, 0.3) is 0 Å². The molecule has 3 rings (SSSR count). The number of hydrogen-bond acceptors (Lipinski definition) is 3. The van der Waals surface area contributed by atoms with Crippen molar-refractivity contribution in [1.82, 2.24) is 9.97 Å². The van der Waals surface area contributed by atoms with Crippen molar-refractivity contribution in [2.24, 2.45) is 11.1 Å². The van der Waals surface area contributed by atoms with Crippen LogP contribution in [0.15, 0.2) is 30.5 Å². The Labute approximate surface area is 94.7 Å². The van der Waals surface area contributed by atoms with Crippen molar-refractivity contribution in [3.63, 3.8) is 0 Å². The maximum Gasteiger partial charge on any atom is 0.0890 e. The number of para-hydroxylation sites is 2. The molecular formula is C13H15N3. The summed E-state index contributed by atoms with van der Waals surface area (Å²) >= 11 is 0. The zero-order chi connectivity index (χ0) is 11.3. The van der Waals surface area contributed by atoms with Crippen LogP contribution in [0, 0.1) is 5.41 Å². The average Bonchev–Trinajstić information content (AvgIpc) is 2.78. The molecule has 1 fully saturated rings. The zero-order valence-electron chi connectivity index (χ0n) is 9.51. The fourth-order valence-electron chi connectivity index (χ4n) is 2.36. The number of nitrogens with two attached hydrogens (primary N) is 1. The van der Waals surface area contributed by atoms with Crippen LogP contribution in [0.25, 0.3) is 11.0 Å². The van der Waals surface area contributed by atoms with E-state index in [1.165, 1.54) is 0 Å². The maximum atomic E-state index is 6.05. The molecule has 82 valence electrons. The molecule has 1 saturated carbocycles. The minimum atomic E-state index is 0.164. The Morgan fingerprint density at radius 1 is 1.19 bits per heavy atom. The molecule has 2 unspecified atom stereocenters. The van der Waals surface area contributed by atoms with Gasteiger partial charge in [-0.2, -0.15) is 0 Å². The molecule has 1 aliphatic rings. The van der Waals surface area contributed by atoms with Gasteiger partial charge < -0.3 is 5.73 Å². The molecule has 1 aromatic heterocycles. The van der Waals surface area contributed by atoms with Crippen molar-refractivity contribution in [2.75, 3.05) is 0 Å². The van der Waals surface area contributed by atoms with Crippen LogP contribution >= 0.6 is 0 Å². The fourth-order valence-corrected chi connectivity index (χ4v) is 2.36. The highest BCUT2D eigenvalue weighted by Gasteiger charge is 2.57. The average molecular weight is 213 g/mol. The number of rotatable bonds is 1. The SMILES string of the molecule is CC1(C)C(N)C1c1cnc2ccccc2n1. The highest BCUT2D eigenvalue weighted by molar-refractivity contribution is 5.73. The molecule has 0 spiro atoms. The van der Waals surface area contributed by atoms with Crippen molar-refractivity contribution >= 4 is 11.0 Å². The van der Waals surface area contributed by atoms with Crippen LogP contribution in [0.4, 0.5) is 0 Å². The standard InChI is InChI=1S/C13H15N3/c1-13(2)11(12(13)14)10-7-15-8-5-3-4-6-9(8)16-10/h3-7,11-12H,14H2,1-2H3. The van der Waals surface area contributed by atoms with Crippen LogP contribution in [0.5, 0.6) is 0 Å². The molecule has 1 aromatic carbocycles. The van der Waals surface area contributed by atoms with Gasteiger partial charge in [-0.05, 0) is 17.5 Å². The van der Waals surface area contributed by atoms with Crippen molar-refractivity contribution < 1.29 is 0 Å². The van der Waals surface area contributed by atoms with E-state index in [2.05, 4.69) is 23.8 Å². The second-order valence-electron chi connectivity index (χ2n) is 5.11. The molecule has 0 amide bonds. The summed E-state index contributed by atoms with van der Waals surface area (Å²) in [6, 6.07) is 8.14. The minimum Gasteiger partial charge on any atom is -0.327 e. The monoisotopic (exact) mass is 213 g/mol. The number of hydrogen-bond donors (Lipinski definition) is 1. The summed E-state index contributed by atoms with van der Waals surface area (Å²) < 4.78 is 0. The lowest BCUT2D eigenvalue weighted by Crippen LogP contribution is -2.06. The summed E-state index contributed by atoms with van der Waals surface area (Å²) in [4.78, 5) is 9.07. The first-order valence-electron chi connectivity index (χ1n) is 5.58. The van der Waals surface area contributed by atoms with Gasteiger partial charge in [0.05, 0.1) is 16.7 Å². The highest BCUT2D eigenvalue weighted by atomic mass is 14.9. The second kappa shape index (κ2) is 3.01. The van der Waals surface area contributed by atoms with Gasteiger partial charge in [-0.25, -0.2) is 4.98 Å². The van der Waals surface area contributed by atoms with E-state index in [1.54, 1.807) is 0 Å². The van der Waals surface area contributed by atoms with E-state index >= 15 is 0 Å². The predicted octanol–water partition coefficient (Wildman–Crippen LogP) is 2.08. The van der Waals surface area contributed by atoms with Gasteiger partial charge in [-0.15, -0.1) is 0 Å². The Kier molecular flexibility index (Phi) is 1.83. The Balaban J connectivity index is 2.07. The molecule has 2 aromatic rings. The van der Waals surface area contributed by atoms with Crippen LogP contribution in [0.2, 0.25) is 0 Å². The molecule has 1 heterocycles. The lowest BCUT2D eigenvalue weighted by atomic mass is 10.1. The summed E-state index contributed by atoms with van der Waals surface area (Å²) in [5.74, 6) is 0.351. The number of fused-ring (bicyclic) bond motifs is 1. The molecule has 2 atom stereocenters. The third kappa shape index (κ3) is 1.25. The van der Waals surface area contributed by atoms with E-state index in [-0.39, 0.29) is 11.5 Å². The molecule has 0 bridgehead atoms. The molecule has 2 N–H and O–H groups in total. The predicted molar refractivity (Wildman–Crippen MR) is 64.0 cm³/mol. The maximum absolute atomic E-state index is 6.05. The topological polar surface area (TPSA) is 51.8 Å².